The summed E-state index contributed by atoms with van der Waals surface area (Å²) >= 11 is 0. The molecule has 1 aliphatic rings. The minimum absolute atomic E-state index is 0.556. The Kier molecular flexibility index (Phi) is 4.65. The van der Waals surface area contributed by atoms with Gasteiger partial charge in [-0.3, -0.25) is 0 Å². The Morgan fingerprint density at radius 2 is 2.17 bits per heavy atom. The van der Waals surface area contributed by atoms with E-state index in [2.05, 4.69) is 37.4 Å². The van der Waals surface area contributed by atoms with Crippen LogP contribution in [0.4, 0.5) is 0 Å². The zero-order valence-corrected chi connectivity index (χ0v) is 11.8. The van der Waals surface area contributed by atoms with E-state index in [4.69, 9.17) is 4.74 Å². The predicted octanol–water partition coefficient (Wildman–Crippen LogP) is 3.50. The predicted molar refractivity (Wildman–Crippen MR) is 76.4 cm³/mol. The lowest BCUT2D eigenvalue weighted by Crippen LogP contribution is -2.35. The molecule has 0 aromatic heterocycles. The molecule has 1 aliphatic heterocycles. The molecule has 1 N–H and O–H groups in total. The van der Waals surface area contributed by atoms with Gasteiger partial charge >= 0.3 is 0 Å². The van der Waals surface area contributed by atoms with Crippen molar-refractivity contribution in [2.24, 2.45) is 0 Å². The first kappa shape index (κ1) is 13.4. The summed E-state index contributed by atoms with van der Waals surface area (Å²) in [6.07, 6.45) is 5.04. The molecule has 1 unspecified atom stereocenters. The van der Waals surface area contributed by atoms with Gasteiger partial charge in [-0.1, -0.05) is 32.4 Å². The van der Waals surface area contributed by atoms with E-state index in [1.807, 2.05) is 0 Å². The molecule has 1 heterocycles. The molecule has 1 aromatic carbocycles. The van der Waals surface area contributed by atoms with Crippen LogP contribution >= 0.6 is 0 Å². The van der Waals surface area contributed by atoms with Crippen molar-refractivity contribution in [3.63, 3.8) is 0 Å². The van der Waals surface area contributed by atoms with Crippen LogP contribution in [0, 0.1) is 0 Å². The maximum Gasteiger partial charge on any atom is 0.122 e. The summed E-state index contributed by atoms with van der Waals surface area (Å²) in [5.41, 5.74) is 2.69. The first-order chi connectivity index (χ1) is 8.70. The number of rotatable bonds is 4. The standard InChI is InChI=1S/C16H25NO/c1-12(2)13-7-8-14(16(11-13)18-3)10-15-6-4-5-9-17-15/h7-8,11-12,15,17H,4-6,9-10H2,1-3H3. The van der Waals surface area contributed by atoms with Gasteiger partial charge in [-0.2, -0.15) is 0 Å². The molecule has 0 radical (unpaired) electrons. The maximum atomic E-state index is 5.55. The summed E-state index contributed by atoms with van der Waals surface area (Å²) in [6.45, 7) is 5.60. The van der Waals surface area contributed by atoms with Gasteiger partial charge in [-0.25, -0.2) is 0 Å². The third-order valence-electron chi connectivity index (χ3n) is 3.86. The zero-order valence-electron chi connectivity index (χ0n) is 11.8. The van der Waals surface area contributed by atoms with E-state index in [1.54, 1.807) is 7.11 Å². The molecule has 1 fully saturated rings. The molecular weight excluding hydrogens is 222 g/mol. The quantitative estimate of drug-likeness (QED) is 0.879. The van der Waals surface area contributed by atoms with Gasteiger partial charge in [0.15, 0.2) is 0 Å². The molecule has 1 aromatic rings. The van der Waals surface area contributed by atoms with Crippen molar-refractivity contribution < 1.29 is 4.74 Å². The highest BCUT2D eigenvalue weighted by Crippen LogP contribution is 2.26. The Morgan fingerprint density at radius 3 is 2.78 bits per heavy atom. The summed E-state index contributed by atoms with van der Waals surface area (Å²) in [6, 6.07) is 7.30. The second-order valence-electron chi connectivity index (χ2n) is 5.58. The minimum Gasteiger partial charge on any atom is -0.496 e. The van der Waals surface area contributed by atoms with E-state index in [0.29, 0.717) is 12.0 Å². The highest BCUT2D eigenvalue weighted by molar-refractivity contribution is 5.39. The number of methoxy groups -OCH3 is 1. The van der Waals surface area contributed by atoms with E-state index in [-0.39, 0.29) is 0 Å². The van der Waals surface area contributed by atoms with Crippen LogP contribution in [0.5, 0.6) is 5.75 Å². The molecule has 18 heavy (non-hydrogen) atoms. The highest BCUT2D eigenvalue weighted by Gasteiger charge is 2.15. The molecule has 0 saturated carbocycles. The fourth-order valence-electron chi connectivity index (χ4n) is 2.65. The van der Waals surface area contributed by atoms with Crippen LogP contribution in [0.25, 0.3) is 0 Å². The van der Waals surface area contributed by atoms with Crippen molar-refractivity contribution in [2.45, 2.75) is 51.5 Å². The van der Waals surface area contributed by atoms with E-state index >= 15 is 0 Å². The van der Waals surface area contributed by atoms with Gasteiger partial charge in [0.1, 0.15) is 5.75 Å². The van der Waals surface area contributed by atoms with E-state index in [1.165, 1.54) is 30.4 Å². The summed E-state index contributed by atoms with van der Waals surface area (Å²) in [5, 5.41) is 3.60. The number of nitrogens with one attached hydrogen (secondary N) is 1. The molecular formula is C16H25NO. The lowest BCUT2D eigenvalue weighted by Gasteiger charge is -2.24. The molecule has 1 saturated heterocycles. The summed E-state index contributed by atoms with van der Waals surface area (Å²) < 4.78 is 5.55. The number of piperidine rings is 1. The van der Waals surface area contributed by atoms with Crippen molar-refractivity contribution in [3.05, 3.63) is 29.3 Å². The van der Waals surface area contributed by atoms with E-state index in [0.717, 1.165) is 18.7 Å². The Balaban J connectivity index is 2.11. The monoisotopic (exact) mass is 247 g/mol. The number of hydrogen-bond acceptors (Lipinski definition) is 2. The fourth-order valence-corrected chi connectivity index (χ4v) is 2.65. The van der Waals surface area contributed by atoms with Gasteiger partial charge in [-0.15, -0.1) is 0 Å². The van der Waals surface area contributed by atoms with Gasteiger partial charge in [-0.05, 0) is 48.9 Å². The van der Waals surface area contributed by atoms with Crippen LogP contribution in [-0.4, -0.2) is 19.7 Å². The number of benzene rings is 1. The van der Waals surface area contributed by atoms with Crippen molar-refractivity contribution in [1.29, 1.82) is 0 Å². The molecule has 2 rings (SSSR count). The molecule has 0 bridgehead atoms. The zero-order chi connectivity index (χ0) is 13.0. The Morgan fingerprint density at radius 1 is 1.33 bits per heavy atom. The van der Waals surface area contributed by atoms with Gasteiger partial charge in [0.05, 0.1) is 7.11 Å². The fraction of sp³-hybridized carbons (Fsp3) is 0.625. The molecule has 2 heteroatoms. The van der Waals surface area contributed by atoms with Crippen LogP contribution in [0.2, 0.25) is 0 Å². The normalized spacial score (nSPS) is 20.1. The molecule has 0 spiro atoms. The van der Waals surface area contributed by atoms with Crippen LogP contribution in [0.3, 0.4) is 0 Å². The second kappa shape index (κ2) is 6.24. The topological polar surface area (TPSA) is 21.3 Å². The van der Waals surface area contributed by atoms with Gasteiger partial charge < -0.3 is 10.1 Å². The first-order valence-electron chi connectivity index (χ1n) is 7.11. The van der Waals surface area contributed by atoms with Crippen LogP contribution in [0.15, 0.2) is 18.2 Å². The summed E-state index contributed by atoms with van der Waals surface area (Å²) in [4.78, 5) is 0. The average molecular weight is 247 g/mol. The number of ether oxygens (including phenoxy) is 1. The third-order valence-corrected chi connectivity index (χ3v) is 3.86. The first-order valence-corrected chi connectivity index (χ1v) is 7.11. The Labute approximate surface area is 111 Å². The summed E-state index contributed by atoms with van der Waals surface area (Å²) in [5.74, 6) is 1.61. The van der Waals surface area contributed by atoms with E-state index in [9.17, 15) is 0 Å². The van der Waals surface area contributed by atoms with Crippen molar-refractivity contribution in [2.75, 3.05) is 13.7 Å². The van der Waals surface area contributed by atoms with Gasteiger partial charge in [0.2, 0.25) is 0 Å². The maximum absolute atomic E-state index is 5.55. The van der Waals surface area contributed by atoms with Gasteiger partial charge in [0.25, 0.3) is 0 Å². The molecule has 1 atom stereocenters. The van der Waals surface area contributed by atoms with Crippen molar-refractivity contribution in [3.8, 4) is 5.75 Å². The minimum atomic E-state index is 0.556. The second-order valence-corrected chi connectivity index (χ2v) is 5.58. The molecule has 0 aliphatic carbocycles. The lowest BCUT2D eigenvalue weighted by atomic mass is 9.94. The largest absolute Gasteiger partial charge is 0.496 e. The third kappa shape index (κ3) is 3.26. The van der Waals surface area contributed by atoms with E-state index < -0.39 is 0 Å². The van der Waals surface area contributed by atoms with Crippen LogP contribution < -0.4 is 10.1 Å². The average Bonchev–Trinajstić information content (AvgIpc) is 2.40. The molecule has 100 valence electrons. The molecule has 2 nitrogen and oxygen atoms in total. The van der Waals surface area contributed by atoms with Crippen LogP contribution in [0.1, 0.15) is 50.2 Å². The Bertz CT molecular complexity index is 381. The summed E-state index contributed by atoms with van der Waals surface area (Å²) in [7, 11) is 1.78. The lowest BCUT2D eigenvalue weighted by molar-refractivity contribution is 0.381. The SMILES string of the molecule is COc1cc(C(C)C)ccc1CC1CCCCN1. The van der Waals surface area contributed by atoms with Gasteiger partial charge in [0, 0.05) is 6.04 Å². The Hall–Kier alpha value is -1.02. The smallest absolute Gasteiger partial charge is 0.122 e. The number of hydrogen-bond donors (Lipinski definition) is 1. The van der Waals surface area contributed by atoms with Crippen molar-refractivity contribution >= 4 is 0 Å². The highest BCUT2D eigenvalue weighted by atomic mass is 16.5. The van der Waals surface area contributed by atoms with Crippen molar-refractivity contribution in [1.82, 2.24) is 5.32 Å². The van der Waals surface area contributed by atoms with Crippen LogP contribution in [-0.2, 0) is 6.42 Å². The molecule has 0 amide bonds.